The molecule has 0 bridgehead atoms. The lowest BCUT2D eigenvalue weighted by Crippen LogP contribution is -2.17. The number of carbonyl (C=O) groups is 1. The molecule has 0 saturated heterocycles. The molecule has 6 nitrogen and oxygen atoms in total. The summed E-state index contributed by atoms with van der Waals surface area (Å²) >= 11 is 0.793. The molecule has 0 spiro atoms. The minimum atomic E-state index is -4.29. The zero-order valence-corrected chi connectivity index (χ0v) is 9.25. The van der Waals surface area contributed by atoms with E-state index >= 15 is 0 Å². The molecule has 0 fully saturated rings. The van der Waals surface area contributed by atoms with Crippen LogP contribution in [0.25, 0.3) is 0 Å². The van der Waals surface area contributed by atoms with Crippen LogP contribution in [-0.4, -0.2) is 37.9 Å². The lowest BCUT2D eigenvalue weighted by atomic mass is 10.3. The summed E-state index contributed by atoms with van der Waals surface area (Å²) < 4.78 is 36.7. The van der Waals surface area contributed by atoms with Crippen LogP contribution in [0.4, 0.5) is 13.2 Å². The van der Waals surface area contributed by atoms with Gasteiger partial charge in [-0.1, -0.05) is 11.8 Å². The number of nitrogens with two attached hydrogens (primary N) is 1. The van der Waals surface area contributed by atoms with Crippen molar-refractivity contribution in [3.8, 4) is 0 Å². The van der Waals surface area contributed by atoms with Crippen LogP contribution in [0.15, 0.2) is 5.16 Å². The predicted molar refractivity (Wildman–Crippen MR) is 52.9 cm³/mol. The minimum absolute atomic E-state index is 0.0322. The molecule has 96 valence electrons. The van der Waals surface area contributed by atoms with Crippen molar-refractivity contribution in [2.45, 2.75) is 24.2 Å². The van der Waals surface area contributed by atoms with Gasteiger partial charge in [0.25, 0.3) is 0 Å². The van der Waals surface area contributed by atoms with Gasteiger partial charge in [0, 0.05) is 6.42 Å². The number of halogens is 3. The van der Waals surface area contributed by atoms with E-state index in [0.29, 0.717) is 0 Å². The number of thioether (sulfide) groups is 1. The Morgan fingerprint density at radius 1 is 1.47 bits per heavy atom. The maximum Gasteiger partial charge on any atom is 0.389 e. The fourth-order valence-electron chi connectivity index (χ4n) is 0.956. The topological polar surface area (TPSA) is 94.0 Å². The maximum atomic E-state index is 12.0. The molecule has 0 aliphatic rings. The van der Waals surface area contributed by atoms with Gasteiger partial charge >= 0.3 is 12.1 Å². The first-order valence-corrected chi connectivity index (χ1v) is 5.39. The highest BCUT2D eigenvalue weighted by Crippen LogP contribution is 2.22. The summed E-state index contributed by atoms with van der Waals surface area (Å²) in [6, 6.07) is 0. The van der Waals surface area contributed by atoms with Crippen molar-refractivity contribution in [2.24, 2.45) is 0 Å². The van der Waals surface area contributed by atoms with Crippen molar-refractivity contribution in [1.82, 2.24) is 14.9 Å². The van der Waals surface area contributed by atoms with Gasteiger partial charge in [0.1, 0.15) is 0 Å². The second kappa shape index (κ2) is 5.25. The first kappa shape index (κ1) is 13.6. The fraction of sp³-hybridized carbons (Fsp3) is 0.571. The van der Waals surface area contributed by atoms with Crippen LogP contribution in [-0.2, 0) is 11.2 Å². The van der Waals surface area contributed by atoms with Crippen molar-refractivity contribution in [3.05, 3.63) is 5.82 Å². The average Bonchev–Trinajstić information content (AvgIpc) is 2.52. The molecule has 0 aromatic carbocycles. The molecule has 17 heavy (non-hydrogen) atoms. The third-order valence-electron chi connectivity index (χ3n) is 1.69. The SMILES string of the molecule is Nn1c(CCC(F)(F)F)nnc1SCC(=O)O. The van der Waals surface area contributed by atoms with Gasteiger partial charge in [0.05, 0.1) is 12.2 Å². The summed E-state index contributed by atoms with van der Waals surface area (Å²) in [6.45, 7) is 0. The maximum absolute atomic E-state index is 12.0. The lowest BCUT2D eigenvalue weighted by Gasteiger charge is -2.05. The van der Waals surface area contributed by atoms with Crippen LogP contribution in [0.5, 0.6) is 0 Å². The first-order chi connectivity index (χ1) is 7.79. The molecule has 1 aromatic heterocycles. The Labute approximate surface area is 98.0 Å². The molecule has 0 aliphatic heterocycles. The third kappa shape index (κ3) is 4.51. The van der Waals surface area contributed by atoms with E-state index in [1.54, 1.807) is 0 Å². The molecule has 0 atom stereocenters. The molecular weight excluding hydrogens is 261 g/mol. The minimum Gasteiger partial charge on any atom is -0.481 e. The van der Waals surface area contributed by atoms with Gasteiger partial charge in [0.2, 0.25) is 5.16 Å². The number of hydrogen-bond acceptors (Lipinski definition) is 5. The smallest absolute Gasteiger partial charge is 0.389 e. The van der Waals surface area contributed by atoms with Crippen LogP contribution >= 0.6 is 11.8 Å². The van der Waals surface area contributed by atoms with Crippen LogP contribution in [0.3, 0.4) is 0 Å². The van der Waals surface area contributed by atoms with E-state index < -0.39 is 18.6 Å². The Hall–Kier alpha value is -1.45. The summed E-state index contributed by atoms with van der Waals surface area (Å²) in [5.41, 5.74) is 0. The Balaban J connectivity index is 2.61. The molecule has 3 N–H and O–H groups in total. The normalized spacial score (nSPS) is 11.7. The number of carboxylic acid groups (broad SMARTS) is 1. The fourth-order valence-corrected chi connectivity index (χ4v) is 1.55. The molecule has 10 heteroatoms. The number of nitrogen functional groups attached to an aromatic ring is 1. The van der Waals surface area contributed by atoms with Crippen LogP contribution in [0.1, 0.15) is 12.2 Å². The molecule has 1 rings (SSSR count). The zero-order chi connectivity index (χ0) is 13.1. The molecule has 0 saturated carbocycles. The molecule has 0 amide bonds. The van der Waals surface area contributed by atoms with Gasteiger partial charge in [0.15, 0.2) is 5.82 Å². The highest BCUT2D eigenvalue weighted by atomic mass is 32.2. The number of aromatic nitrogens is 3. The Bertz CT molecular complexity index is 406. The molecule has 1 aromatic rings. The molecule has 0 aliphatic carbocycles. The third-order valence-corrected chi connectivity index (χ3v) is 2.62. The van der Waals surface area contributed by atoms with Gasteiger partial charge in [-0.2, -0.15) is 13.2 Å². The van der Waals surface area contributed by atoms with Crippen molar-refractivity contribution < 1.29 is 23.1 Å². The summed E-state index contributed by atoms with van der Waals surface area (Å²) in [6.07, 6.45) is -5.73. The van der Waals surface area contributed by atoms with Crippen molar-refractivity contribution >= 4 is 17.7 Å². The second-order valence-corrected chi connectivity index (χ2v) is 4.01. The van der Waals surface area contributed by atoms with E-state index in [2.05, 4.69) is 10.2 Å². The highest BCUT2D eigenvalue weighted by Gasteiger charge is 2.28. The number of aliphatic carboxylic acids is 1. The number of nitrogens with zero attached hydrogens (tertiary/aromatic N) is 3. The summed E-state index contributed by atoms with van der Waals surface area (Å²) in [5, 5.41) is 15.5. The Morgan fingerprint density at radius 2 is 2.12 bits per heavy atom. The average molecular weight is 270 g/mol. The van der Waals surface area contributed by atoms with Crippen molar-refractivity contribution in [2.75, 3.05) is 11.6 Å². The van der Waals surface area contributed by atoms with E-state index in [1.807, 2.05) is 0 Å². The van der Waals surface area contributed by atoms with E-state index in [-0.39, 0.29) is 23.2 Å². The molecular formula is C7H9F3N4O2S. The van der Waals surface area contributed by atoms with Crippen molar-refractivity contribution in [3.63, 3.8) is 0 Å². The van der Waals surface area contributed by atoms with Gasteiger partial charge in [-0.15, -0.1) is 10.2 Å². The Morgan fingerprint density at radius 3 is 2.65 bits per heavy atom. The van der Waals surface area contributed by atoms with E-state index in [1.165, 1.54) is 0 Å². The standard InChI is InChI=1S/C7H9F3N4O2S/c8-7(9,10)2-1-4-12-13-6(14(4)11)17-3-5(15)16/h1-3,11H2,(H,15,16). The second-order valence-electron chi connectivity index (χ2n) is 3.07. The summed E-state index contributed by atoms with van der Waals surface area (Å²) in [5.74, 6) is 4.04. The van der Waals surface area contributed by atoms with Gasteiger partial charge in [-0.3, -0.25) is 4.79 Å². The number of hydrogen-bond donors (Lipinski definition) is 2. The van der Waals surface area contributed by atoms with E-state index in [4.69, 9.17) is 10.9 Å². The number of rotatable bonds is 5. The monoisotopic (exact) mass is 270 g/mol. The Kier molecular flexibility index (Phi) is 4.21. The number of carboxylic acids is 1. The van der Waals surface area contributed by atoms with Crippen LogP contribution in [0, 0.1) is 0 Å². The molecule has 1 heterocycles. The quantitative estimate of drug-likeness (QED) is 0.603. The van der Waals surface area contributed by atoms with Gasteiger partial charge in [-0.25, -0.2) is 4.68 Å². The van der Waals surface area contributed by atoms with Gasteiger partial charge in [-0.05, 0) is 0 Å². The van der Waals surface area contributed by atoms with Crippen LogP contribution < -0.4 is 5.84 Å². The van der Waals surface area contributed by atoms with E-state index in [0.717, 1.165) is 16.4 Å². The summed E-state index contributed by atoms with van der Waals surface area (Å²) in [4.78, 5) is 10.3. The van der Waals surface area contributed by atoms with E-state index in [9.17, 15) is 18.0 Å². The van der Waals surface area contributed by atoms with Gasteiger partial charge < -0.3 is 10.9 Å². The highest BCUT2D eigenvalue weighted by molar-refractivity contribution is 7.99. The van der Waals surface area contributed by atoms with Crippen LogP contribution in [0.2, 0.25) is 0 Å². The largest absolute Gasteiger partial charge is 0.481 e. The lowest BCUT2D eigenvalue weighted by molar-refractivity contribution is -0.135. The first-order valence-electron chi connectivity index (χ1n) is 4.40. The summed E-state index contributed by atoms with van der Waals surface area (Å²) in [7, 11) is 0. The molecule has 0 radical (unpaired) electrons. The zero-order valence-electron chi connectivity index (χ0n) is 8.44. The van der Waals surface area contributed by atoms with Crippen molar-refractivity contribution in [1.29, 1.82) is 0 Å². The number of aryl methyl sites for hydroxylation is 1. The number of alkyl halides is 3. The molecule has 0 unspecified atom stereocenters. The predicted octanol–water partition coefficient (Wildman–Crippen LogP) is 0.663.